The van der Waals surface area contributed by atoms with Crippen LogP contribution in [0.25, 0.3) is 0 Å². The Morgan fingerprint density at radius 1 is 1.63 bits per heavy atom. The van der Waals surface area contributed by atoms with Gasteiger partial charge in [0.2, 0.25) is 0 Å². The highest BCUT2D eigenvalue weighted by Crippen LogP contribution is 2.33. The summed E-state index contributed by atoms with van der Waals surface area (Å²) in [7, 11) is 1.89. The van der Waals surface area contributed by atoms with Gasteiger partial charge in [-0.15, -0.1) is 0 Å². The van der Waals surface area contributed by atoms with Crippen molar-refractivity contribution in [2.75, 3.05) is 5.32 Å². The van der Waals surface area contributed by atoms with Gasteiger partial charge in [-0.25, -0.2) is 9.98 Å². The highest BCUT2D eigenvalue weighted by atomic mass is 35.5. The van der Waals surface area contributed by atoms with Gasteiger partial charge in [0.1, 0.15) is 16.8 Å². The Morgan fingerprint density at radius 2 is 2.37 bits per heavy atom. The molecule has 0 atom stereocenters. The Bertz CT molecular complexity index is 611. The van der Waals surface area contributed by atoms with E-state index in [1.165, 1.54) is 11.8 Å². The van der Waals surface area contributed by atoms with Crippen molar-refractivity contribution in [2.45, 2.75) is 6.92 Å². The number of nitrogens with two attached hydrogens (primary N) is 1. The minimum Gasteiger partial charge on any atom is -0.384 e. The van der Waals surface area contributed by atoms with Gasteiger partial charge in [0, 0.05) is 13.2 Å². The molecule has 0 amide bonds. The number of halogens is 1. The first-order valence-corrected chi connectivity index (χ1v) is 6.75. The van der Waals surface area contributed by atoms with Crippen molar-refractivity contribution >= 4 is 34.9 Å². The molecule has 1 aliphatic rings. The molecule has 0 unspecified atom stereocenters. The molecule has 0 spiro atoms. The number of hydrogen-bond donors (Lipinski definition) is 2. The van der Waals surface area contributed by atoms with Crippen molar-refractivity contribution in [1.82, 2.24) is 9.55 Å². The topological polar surface area (TPSA) is 68.2 Å². The Labute approximate surface area is 120 Å². The highest BCUT2D eigenvalue weighted by Gasteiger charge is 2.20. The number of hydrogen-bond acceptors (Lipinski definition) is 5. The molecule has 5 nitrogen and oxygen atoms in total. The number of anilines is 1. The average Bonchev–Trinajstić information content (AvgIpc) is 2.86. The van der Waals surface area contributed by atoms with E-state index in [-0.39, 0.29) is 5.16 Å². The molecule has 3 N–H and O–H groups in total. The molecule has 1 aliphatic heterocycles. The van der Waals surface area contributed by atoms with Crippen LogP contribution in [0.4, 0.5) is 5.82 Å². The third kappa shape index (κ3) is 3.21. The summed E-state index contributed by atoms with van der Waals surface area (Å²) in [4.78, 5) is 9.19. The van der Waals surface area contributed by atoms with Crippen molar-refractivity contribution in [3.05, 3.63) is 46.0 Å². The standard InChI is InChI=1S/C12H14ClN5S/c1-7-5-19-11(10(7)16-8(2)13)12(14)17-9-4-18(3)6-15-9/h4-6,17H,2,14H2,1,3H3/b12-11-,16-10-. The number of allylic oxidation sites excluding steroid dienone is 2. The molecule has 0 saturated heterocycles. The second-order valence-corrected chi connectivity index (χ2v) is 5.36. The van der Waals surface area contributed by atoms with Crippen molar-refractivity contribution in [3.63, 3.8) is 0 Å². The molecular formula is C12H14ClN5S. The fraction of sp³-hybridized carbons (Fsp3) is 0.167. The molecular weight excluding hydrogens is 282 g/mol. The number of aryl methyl sites for hydroxylation is 1. The van der Waals surface area contributed by atoms with Crippen molar-refractivity contribution in [3.8, 4) is 0 Å². The van der Waals surface area contributed by atoms with E-state index in [2.05, 4.69) is 21.9 Å². The van der Waals surface area contributed by atoms with E-state index in [9.17, 15) is 0 Å². The summed E-state index contributed by atoms with van der Waals surface area (Å²) in [6.45, 7) is 5.53. The maximum Gasteiger partial charge on any atom is 0.149 e. The lowest BCUT2D eigenvalue weighted by atomic mass is 10.2. The van der Waals surface area contributed by atoms with Gasteiger partial charge in [0.25, 0.3) is 0 Å². The van der Waals surface area contributed by atoms with Crippen molar-refractivity contribution in [1.29, 1.82) is 0 Å². The minimum absolute atomic E-state index is 0.230. The first kappa shape index (κ1) is 13.8. The van der Waals surface area contributed by atoms with Crippen LogP contribution in [0.15, 0.2) is 51.0 Å². The van der Waals surface area contributed by atoms with E-state index in [0.717, 1.165) is 16.2 Å². The van der Waals surface area contributed by atoms with Crippen molar-refractivity contribution in [2.24, 2.45) is 17.8 Å². The summed E-state index contributed by atoms with van der Waals surface area (Å²) in [5.41, 5.74) is 7.81. The monoisotopic (exact) mass is 295 g/mol. The van der Waals surface area contributed by atoms with Crippen molar-refractivity contribution < 1.29 is 0 Å². The third-order valence-corrected chi connectivity index (χ3v) is 3.59. The summed E-state index contributed by atoms with van der Waals surface area (Å²) >= 11 is 7.24. The number of thioether (sulfide) groups is 1. The van der Waals surface area contributed by atoms with Crippen LogP contribution in [0.5, 0.6) is 0 Å². The van der Waals surface area contributed by atoms with Gasteiger partial charge in [-0.05, 0) is 17.9 Å². The maximum atomic E-state index is 6.06. The van der Waals surface area contributed by atoms with E-state index in [1.54, 1.807) is 6.33 Å². The number of aliphatic imine (C=N–C) groups is 1. The molecule has 0 saturated carbocycles. The molecule has 7 heteroatoms. The number of imidazole rings is 1. The van der Waals surface area contributed by atoms with Crippen LogP contribution in [0, 0.1) is 0 Å². The predicted molar refractivity (Wildman–Crippen MR) is 81.8 cm³/mol. The van der Waals surface area contributed by atoms with Crippen LogP contribution in [0.3, 0.4) is 0 Å². The third-order valence-electron chi connectivity index (χ3n) is 2.39. The zero-order valence-corrected chi connectivity index (χ0v) is 12.2. The Hall–Kier alpha value is -1.66. The zero-order chi connectivity index (χ0) is 14.0. The first-order chi connectivity index (χ1) is 8.97. The van der Waals surface area contributed by atoms with E-state index in [0.29, 0.717) is 11.6 Å². The molecule has 2 rings (SSSR count). The van der Waals surface area contributed by atoms with E-state index < -0.39 is 0 Å². The lowest BCUT2D eigenvalue weighted by molar-refractivity contribution is 0.913. The van der Waals surface area contributed by atoms with Gasteiger partial charge in [0.15, 0.2) is 0 Å². The van der Waals surface area contributed by atoms with Gasteiger partial charge >= 0.3 is 0 Å². The van der Waals surface area contributed by atoms with Crippen LogP contribution in [-0.4, -0.2) is 15.3 Å². The predicted octanol–water partition coefficient (Wildman–Crippen LogP) is 2.76. The second kappa shape index (κ2) is 5.54. The molecule has 0 bridgehead atoms. The molecule has 0 fully saturated rings. The van der Waals surface area contributed by atoms with Crippen LogP contribution >= 0.6 is 23.4 Å². The fourth-order valence-electron chi connectivity index (χ4n) is 1.56. The summed E-state index contributed by atoms with van der Waals surface area (Å²) < 4.78 is 1.83. The quantitative estimate of drug-likeness (QED) is 0.841. The van der Waals surface area contributed by atoms with E-state index in [1.807, 2.05) is 30.1 Å². The molecule has 19 heavy (non-hydrogen) atoms. The first-order valence-electron chi connectivity index (χ1n) is 5.49. The highest BCUT2D eigenvalue weighted by molar-refractivity contribution is 8.07. The number of nitrogens with zero attached hydrogens (tertiary/aromatic N) is 3. The van der Waals surface area contributed by atoms with Crippen LogP contribution in [0.1, 0.15) is 6.92 Å². The van der Waals surface area contributed by atoms with Gasteiger partial charge in [-0.1, -0.05) is 29.9 Å². The Morgan fingerprint density at radius 3 is 2.95 bits per heavy atom. The summed E-state index contributed by atoms with van der Waals surface area (Å²) in [5, 5.41) is 5.25. The van der Waals surface area contributed by atoms with E-state index >= 15 is 0 Å². The number of aromatic nitrogens is 2. The van der Waals surface area contributed by atoms with Gasteiger partial charge in [-0.2, -0.15) is 0 Å². The summed E-state index contributed by atoms with van der Waals surface area (Å²) in [6.07, 6.45) is 3.53. The average molecular weight is 296 g/mol. The van der Waals surface area contributed by atoms with Gasteiger partial charge in [-0.3, -0.25) is 0 Å². The minimum atomic E-state index is 0.230. The SMILES string of the molecule is C=C(Cl)/N=C1/C(C)=CS/C1=C(/N)Nc1cn(C)cn1. The zero-order valence-electron chi connectivity index (χ0n) is 10.6. The summed E-state index contributed by atoms with van der Waals surface area (Å²) in [5.74, 6) is 1.18. The molecule has 1 aromatic rings. The Kier molecular flexibility index (Phi) is 4.01. The molecule has 0 aliphatic carbocycles. The molecule has 100 valence electrons. The maximum absolute atomic E-state index is 6.06. The lowest BCUT2D eigenvalue weighted by Gasteiger charge is -2.08. The fourth-order valence-corrected chi connectivity index (χ4v) is 2.55. The lowest BCUT2D eigenvalue weighted by Crippen LogP contribution is -2.15. The van der Waals surface area contributed by atoms with Crippen LogP contribution in [-0.2, 0) is 7.05 Å². The van der Waals surface area contributed by atoms with Gasteiger partial charge < -0.3 is 15.6 Å². The van der Waals surface area contributed by atoms with Crippen LogP contribution < -0.4 is 11.1 Å². The van der Waals surface area contributed by atoms with E-state index in [4.69, 9.17) is 17.3 Å². The molecule has 1 aromatic heterocycles. The number of nitrogens with one attached hydrogen (secondary N) is 1. The smallest absolute Gasteiger partial charge is 0.149 e. The van der Waals surface area contributed by atoms with Gasteiger partial charge in [0.05, 0.1) is 16.9 Å². The molecule has 0 aromatic carbocycles. The van der Waals surface area contributed by atoms with Crippen LogP contribution in [0.2, 0.25) is 0 Å². The molecule has 2 heterocycles. The second-order valence-electron chi connectivity index (χ2n) is 4.05. The largest absolute Gasteiger partial charge is 0.384 e. The Balaban J connectivity index is 2.28. The summed E-state index contributed by atoms with van der Waals surface area (Å²) in [6, 6.07) is 0. The number of rotatable bonds is 3. The molecule has 0 radical (unpaired) electrons. The normalized spacial score (nSPS) is 19.5.